The molecule has 0 unspecified atom stereocenters. The van der Waals surface area contributed by atoms with Gasteiger partial charge in [-0.2, -0.15) is 0 Å². The molecule has 3 amide bonds. The van der Waals surface area contributed by atoms with Crippen LogP contribution in [-0.2, 0) is 19.1 Å². The first-order valence-electron chi connectivity index (χ1n) is 15.1. The lowest BCUT2D eigenvalue weighted by Gasteiger charge is -2.38. The highest BCUT2D eigenvalue weighted by Crippen LogP contribution is 2.55. The van der Waals surface area contributed by atoms with E-state index < -0.39 is 29.6 Å². The van der Waals surface area contributed by atoms with Crippen LogP contribution in [0.2, 0.25) is 5.02 Å². The van der Waals surface area contributed by atoms with Crippen molar-refractivity contribution in [2.75, 3.05) is 31.5 Å². The number of rotatable bonds is 8. The number of fused-ring (bicyclic) bond motifs is 1. The molecule has 4 heterocycles. The first-order chi connectivity index (χ1) is 19.3. The number of nitrogens with zero attached hydrogens (tertiary/aromatic N) is 2. The lowest BCUT2D eigenvalue weighted by Crippen LogP contribution is -2.58. The van der Waals surface area contributed by atoms with E-state index >= 15 is 0 Å². The normalized spacial score (nSPS) is 36.7. The third-order valence-corrected chi connectivity index (χ3v) is 10.4. The number of carbonyl (C=O) groups excluding carboxylic acids is 3. The number of likely N-dealkylation sites (tertiary alicyclic amines) is 2. The summed E-state index contributed by atoms with van der Waals surface area (Å²) in [6.07, 6.45) is 9.61. The van der Waals surface area contributed by atoms with Crippen molar-refractivity contribution in [1.29, 1.82) is 0 Å². The smallest absolute Gasteiger partial charge is 0.246 e. The van der Waals surface area contributed by atoms with E-state index in [1.165, 1.54) is 19.3 Å². The second-order valence-electron chi connectivity index (χ2n) is 12.5. The Morgan fingerprint density at radius 3 is 2.55 bits per heavy atom. The molecule has 40 heavy (non-hydrogen) atoms. The lowest BCUT2D eigenvalue weighted by molar-refractivity contribution is -0.141. The van der Waals surface area contributed by atoms with Crippen molar-refractivity contribution in [3.63, 3.8) is 0 Å². The summed E-state index contributed by atoms with van der Waals surface area (Å²) in [6, 6.07) is 6.19. The molecule has 216 valence electrons. The number of ether oxygens (including phenoxy) is 1. The molecule has 1 spiro atoms. The Balaban J connectivity index is 1.25. The molecular formula is C31H41ClN4O4. The van der Waals surface area contributed by atoms with Gasteiger partial charge in [-0.15, -0.1) is 0 Å². The highest BCUT2D eigenvalue weighted by Gasteiger charge is 2.72. The predicted octanol–water partition coefficient (Wildman–Crippen LogP) is 3.86. The molecule has 1 saturated carbocycles. The van der Waals surface area contributed by atoms with Crippen molar-refractivity contribution in [2.45, 2.75) is 76.2 Å². The Morgan fingerprint density at radius 2 is 1.80 bits per heavy atom. The maximum absolute atomic E-state index is 14.2. The van der Waals surface area contributed by atoms with Gasteiger partial charge in [0, 0.05) is 23.3 Å². The van der Waals surface area contributed by atoms with Gasteiger partial charge in [-0.1, -0.05) is 50.4 Å². The molecule has 6 rings (SSSR count). The number of hydrogen-bond donors (Lipinski definition) is 2. The van der Waals surface area contributed by atoms with Gasteiger partial charge < -0.3 is 25.2 Å². The van der Waals surface area contributed by atoms with Gasteiger partial charge in [0.2, 0.25) is 17.7 Å². The van der Waals surface area contributed by atoms with Crippen LogP contribution in [0.1, 0.15) is 52.4 Å². The summed E-state index contributed by atoms with van der Waals surface area (Å²) in [4.78, 5) is 46.0. The van der Waals surface area contributed by atoms with Crippen molar-refractivity contribution in [1.82, 2.24) is 15.1 Å². The van der Waals surface area contributed by atoms with Crippen molar-refractivity contribution in [3.05, 3.63) is 41.4 Å². The van der Waals surface area contributed by atoms with Crippen LogP contribution < -0.4 is 10.6 Å². The van der Waals surface area contributed by atoms with E-state index in [0.717, 1.165) is 38.9 Å². The molecule has 9 heteroatoms. The minimum Gasteiger partial charge on any atom is -0.359 e. The average Bonchev–Trinajstić information content (AvgIpc) is 3.71. The van der Waals surface area contributed by atoms with Gasteiger partial charge in [0.1, 0.15) is 11.6 Å². The van der Waals surface area contributed by atoms with Crippen LogP contribution in [0.25, 0.3) is 0 Å². The lowest BCUT2D eigenvalue weighted by atomic mass is 9.73. The number of amides is 3. The number of halogens is 1. The molecule has 5 aliphatic rings. The van der Waals surface area contributed by atoms with E-state index in [4.69, 9.17) is 16.3 Å². The van der Waals surface area contributed by atoms with E-state index in [0.29, 0.717) is 29.1 Å². The van der Waals surface area contributed by atoms with Crippen molar-refractivity contribution in [2.24, 2.45) is 23.7 Å². The number of nitrogens with one attached hydrogen (secondary N) is 2. The Bertz CT molecular complexity index is 1170. The van der Waals surface area contributed by atoms with E-state index in [-0.39, 0.29) is 23.8 Å². The SMILES string of the molecule is C[C@H]1[C@H](C)CCC[C@@H]1NC(=O)[C@@H]1N(CCCN2CCCC2)C(=O)[C@H]2[C@H](C(=O)Nc3ccc(Cl)cc3)[C@H]3C=C[C@@]12O3. The van der Waals surface area contributed by atoms with Gasteiger partial charge in [0.15, 0.2) is 0 Å². The van der Waals surface area contributed by atoms with Gasteiger partial charge in [-0.3, -0.25) is 14.4 Å². The molecule has 4 aliphatic heterocycles. The van der Waals surface area contributed by atoms with Crippen LogP contribution in [0, 0.1) is 23.7 Å². The minimum absolute atomic E-state index is 0.0693. The summed E-state index contributed by atoms with van der Waals surface area (Å²) in [5.74, 6) is -1.14. The summed E-state index contributed by atoms with van der Waals surface area (Å²) in [6.45, 7) is 7.99. The number of hydrogen-bond acceptors (Lipinski definition) is 5. The van der Waals surface area contributed by atoms with Gasteiger partial charge in [-0.25, -0.2) is 0 Å². The van der Waals surface area contributed by atoms with E-state index in [9.17, 15) is 14.4 Å². The Hall–Kier alpha value is -2.42. The van der Waals surface area contributed by atoms with Crippen LogP contribution in [0.5, 0.6) is 0 Å². The fourth-order valence-electron chi connectivity index (χ4n) is 7.78. The fraction of sp³-hybridized carbons (Fsp3) is 0.645. The quantitative estimate of drug-likeness (QED) is 0.465. The zero-order valence-corrected chi connectivity index (χ0v) is 24.2. The van der Waals surface area contributed by atoms with Gasteiger partial charge in [0.25, 0.3) is 0 Å². The monoisotopic (exact) mass is 568 g/mol. The van der Waals surface area contributed by atoms with Crippen molar-refractivity contribution in [3.8, 4) is 0 Å². The fourth-order valence-corrected chi connectivity index (χ4v) is 7.91. The second-order valence-corrected chi connectivity index (χ2v) is 13.0. The zero-order chi connectivity index (χ0) is 28.0. The van der Waals surface area contributed by atoms with Gasteiger partial charge in [-0.05, 0) is 81.4 Å². The number of carbonyl (C=O) groups is 3. The molecule has 2 N–H and O–H groups in total. The molecule has 1 aliphatic carbocycles. The molecule has 3 saturated heterocycles. The van der Waals surface area contributed by atoms with Crippen LogP contribution in [0.15, 0.2) is 36.4 Å². The first-order valence-corrected chi connectivity index (χ1v) is 15.4. The van der Waals surface area contributed by atoms with Crippen molar-refractivity contribution >= 4 is 35.0 Å². The highest BCUT2D eigenvalue weighted by molar-refractivity contribution is 6.30. The molecule has 4 fully saturated rings. The third kappa shape index (κ3) is 4.86. The molecule has 0 radical (unpaired) electrons. The maximum Gasteiger partial charge on any atom is 0.246 e. The summed E-state index contributed by atoms with van der Waals surface area (Å²) >= 11 is 6.02. The first kappa shape index (κ1) is 27.7. The average molecular weight is 569 g/mol. The molecule has 1 aromatic rings. The topological polar surface area (TPSA) is 91.0 Å². The Morgan fingerprint density at radius 1 is 1.05 bits per heavy atom. The van der Waals surface area contributed by atoms with Crippen LogP contribution >= 0.6 is 11.6 Å². The van der Waals surface area contributed by atoms with Gasteiger partial charge in [0.05, 0.1) is 17.9 Å². The Kier molecular flexibility index (Phi) is 7.70. The minimum atomic E-state index is -1.13. The molecule has 2 bridgehead atoms. The zero-order valence-electron chi connectivity index (χ0n) is 23.5. The Labute approximate surface area is 241 Å². The maximum atomic E-state index is 14.2. The van der Waals surface area contributed by atoms with Gasteiger partial charge >= 0.3 is 0 Å². The van der Waals surface area contributed by atoms with Crippen LogP contribution in [0.4, 0.5) is 5.69 Å². The van der Waals surface area contributed by atoms with E-state index in [2.05, 4.69) is 29.4 Å². The molecular weight excluding hydrogens is 528 g/mol. The highest BCUT2D eigenvalue weighted by atomic mass is 35.5. The summed E-state index contributed by atoms with van der Waals surface area (Å²) in [5.41, 5.74) is -0.525. The van der Waals surface area contributed by atoms with Crippen molar-refractivity contribution < 1.29 is 19.1 Å². The third-order valence-electron chi connectivity index (χ3n) is 10.1. The summed E-state index contributed by atoms with van der Waals surface area (Å²) < 4.78 is 6.50. The number of benzene rings is 1. The van der Waals surface area contributed by atoms with E-state index in [1.54, 1.807) is 29.2 Å². The summed E-state index contributed by atoms with van der Waals surface area (Å²) in [7, 11) is 0. The molecule has 1 aromatic carbocycles. The largest absolute Gasteiger partial charge is 0.359 e. The van der Waals surface area contributed by atoms with Crippen LogP contribution in [-0.4, -0.2) is 77.5 Å². The predicted molar refractivity (Wildman–Crippen MR) is 154 cm³/mol. The molecule has 8 atom stereocenters. The number of anilines is 1. The van der Waals surface area contributed by atoms with Crippen LogP contribution in [0.3, 0.4) is 0 Å². The standard InChI is InChI=1S/C31H41ClN4O4/c1-19-7-5-8-23(20(19)2)34-29(38)27-31-14-13-24(40-31)25(28(37)33-22-11-9-21(32)10-12-22)26(31)30(39)36(27)18-6-17-35-15-3-4-16-35/h9-14,19-20,23-27H,3-8,15-18H2,1-2H3,(H,33,37)(H,34,38)/t19-,20+,23+,24-,25-,26-,27+,31+/m1/s1. The molecule has 0 aromatic heterocycles. The molecule has 8 nitrogen and oxygen atoms in total. The summed E-state index contributed by atoms with van der Waals surface area (Å²) in [5, 5.41) is 6.86. The van der Waals surface area contributed by atoms with E-state index in [1.807, 2.05) is 12.2 Å². The second kappa shape index (κ2) is 11.1.